The van der Waals surface area contributed by atoms with Gasteiger partial charge in [0.25, 0.3) is 0 Å². The van der Waals surface area contributed by atoms with Gasteiger partial charge in [-0.3, -0.25) is 4.90 Å². The third-order valence-corrected chi connectivity index (χ3v) is 3.82. The Hall–Kier alpha value is -0.460. The van der Waals surface area contributed by atoms with Crippen molar-refractivity contribution in [1.82, 2.24) is 4.90 Å². The summed E-state index contributed by atoms with van der Waals surface area (Å²) in [7, 11) is 3.43. The second-order valence-electron chi connectivity index (χ2n) is 4.29. The van der Waals surface area contributed by atoms with E-state index >= 15 is 0 Å². The Labute approximate surface area is 124 Å². The maximum atomic E-state index is 5.97. The molecule has 2 N–H and O–H groups in total. The number of methoxy groups -OCH3 is 2. The van der Waals surface area contributed by atoms with E-state index in [0.29, 0.717) is 19.8 Å². The summed E-state index contributed by atoms with van der Waals surface area (Å²) in [6, 6.07) is 8.36. The molecule has 0 bridgehead atoms. The number of rotatable bonds is 9. The van der Waals surface area contributed by atoms with Gasteiger partial charge in [-0.15, -0.1) is 0 Å². The molecule has 1 rings (SSSR count). The Morgan fingerprint density at radius 2 is 1.74 bits per heavy atom. The van der Waals surface area contributed by atoms with E-state index in [1.54, 1.807) is 14.2 Å². The molecule has 0 aliphatic heterocycles. The van der Waals surface area contributed by atoms with Crippen LogP contribution in [0.4, 0.5) is 0 Å². The van der Waals surface area contributed by atoms with Crippen molar-refractivity contribution in [1.29, 1.82) is 0 Å². The molecule has 0 radical (unpaired) electrons. The predicted molar refractivity (Wildman–Crippen MR) is 81.3 cm³/mol. The highest BCUT2D eigenvalue weighted by atomic mass is 79.9. The number of nitrogens with two attached hydrogens (primary N) is 1. The van der Waals surface area contributed by atoms with Crippen LogP contribution in [0.5, 0.6) is 0 Å². The van der Waals surface area contributed by atoms with Crippen molar-refractivity contribution in [3.8, 4) is 0 Å². The van der Waals surface area contributed by atoms with Gasteiger partial charge in [0, 0.05) is 44.4 Å². The van der Waals surface area contributed by atoms with Crippen LogP contribution in [0.25, 0.3) is 0 Å². The van der Waals surface area contributed by atoms with Gasteiger partial charge in [0.15, 0.2) is 0 Å². The molecule has 0 aliphatic carbocycles. The van der Waals surface area contributed by atoms with Gasteiger partial charge in [0.1, 0.15) is 0 Å². The molecule has 0 saturated heterocycles. The van der Waals surface area contributed by atoms with E-state index in [0.717, 1.165) is 17.6 Å². The largest absolute Gasteiger partial charge is 0.383 e. The van der Waals surface area contributed by atoms with Gasteiger partial charge >= 0.3 is 0 Å². The Morgan fingerprint density at radius 3 is 2.21 bits per heavy atom. The molecule has 0 fully saturated rings. The van der Waals surface area contributed by atoms with Gasteiger partial charge in [0.2, 0.25) is 0 Å². The van der Waals surface area contributed by atoms with Crippen LogP contribution < -0.4 is 5.73 Å². The van der Waals surface area contributed by atoms with Crippen LogP contribution in [0, 0.1) is 0 Å². The Morgan fingerprint density at radius 1 is 1.16 bits per heavy atom. The molecule has 0 aliphatic rings. The average Bonchev–Trinajstić information content (AvgIpc) is 2.43. The molecule has 5 heteroatoms. The molecule has 1 atom stereocenters. The lowest BCUT2D eigenvalue weighted by Gasteiger charge is -2.31. The maximum Gasteiger partial charge on any atom is 0.0589 e. The first-order valence-electron chi connectivity index (χ1n) is 6.41. The summed E-state index contributed by atoms with van der Waals surface area (Å²) in [6.07, 6.45) is 0. The van der Waals surface area contributed by atoms with Gasteiger partial charge in [0.05, 0.1) is 13.2 Å². The van der Waals surface area contributed by atoms with Gasteiger partial charge in [-0.1, -0.05) is 34.1 Å². The summed E-state index contributed by atoms with van der Waals surface area (Å²) in [5.74, 6) is 0. The molecule has 4 nitrogen and oxygen atoms in total. The quantitative estimate of drug-likeness (QED) is 0.752. The monoisotopic (exact) mass is 330 g/mol. The molecular weight excluding hydrogens is 308 g/mol. The molecular formula is C14H23BrN2O2. The molecule has 0 spiro atoms. The first-order chi connectivity index (χ1) is 9.24. The van der Waals surface area contributed by atoms with Gasteiger partial charge in [-0.25, -0.2) is 0 Å². The number of benzene rings is 1. The Bertz CT molecular complexity index is 355. The average molecular weight is 331 g/mol. The van der Waals surface area contributed by atoms with E-state index in [1.165, 1.54) is 5.56 Å². The van der Waals surface area contributed by atoms with Crippen molar-refractivity contribution in [3.05, 3.63) is 34.3 Å². The fourth-order valence-corrected chi connectivity index (χ4v) is 2.61. The number of hydrogen-bond acceptors (Lipinski definition) is 4. The van der Waals surface area contributed by atoms with Crippen molar-refractivity contribution in [2.45, 2.75) is 6.04 Å². The first-order valence-corrected chi connectivity index (χ1v) is 7.20. The molecule has 19 heavy (non-hydrogen) atoms. The first kappa shape index (κ1) is 16.6. The third-order valence-electron chi connectivity index (χ3n) is 3.09. The lowest BCUT2D eigenvalue weighted by Crippen LogP contribution is -2.38. The third kappa shape index (κ3) is 5.20. The van der Waals surface area contributed by atoms with Crippen LogP contribution in [-0.2, 0) is 9.47 Å². The normalized spacial score (nSPS) is 12.9. The van der Waals surface area contributed by atoms with E-state index in [9.17, 15) is 0 Å². The lowest BCUT2D eigenvalue weighted by atomic mass is 10.1. The van der Waals surface area contributed by atoms with Crippen molar-refractivity contribution >= 4 is 15.9 Å². The summed E-state index contributed by atoms with van der Waals surface area (Å²) in [6.45, 7) is 3.61. The summed E-state index contributed by atoms with van der Waals surface area (Å²) in [5.41, 5.74) is 7.18. The van der Waals surface area contributed by atoms with E-state index in [-0.39, 0.29) is 6.04 Å². The minimum Gasteiger partial charge on any atom is -0.383 e. The number of nitrogens with zero attached hydrogens (tertiary/aromatic N) is 1. The number of hydrogen-bond donors (Lipinski definition) is 1. The molecule has 1 aromatic carbocycles. The zero-order valence-electron chi connectivity index (χ0n) is 11.6. The standard InChI is InChI=1S/C14H23BrN2O2/c1-18-9-7-17(8-10-19-2)14(11-16)12-5-3-4-6-13(12)15/h3-6,14H,7-11,16H2,1-2H3. The second-order valence-corrected chi connectivity index (χ2v) is 5.15. The highest BCUT2D eigenvalue weighted by molar-refractivity contribution is 9.10. The maximum absolute atomic E-state index is 5.97. The van der Waals surface area contributed by atoms with Gasteiger partial charge < -0.3 is 15.2 Å². The number of ether oxygens (including phenoxy) is 2. The molecule has 0 saturated carbocycles. The fourth-order valence-electron chi connectivity index (χ4n) is 2.06. The highest BCUT2D eigenvalue weighted by Gasteiger charge is 2.20. The minimum atomic E-state index is 0.167. The smallest absolute Gasteiger partial charge is 0.0589 e. The van der Waals surface area contributed by atoms with Crippen LogP contribution in [0.2, 0.25) is 0 Å². The zero-order valence-corrected chi connectivity index (χ0v) is 13.2. The molecule has 0 aromatic heterocycles. The fraction of sp³-hybridized carbons (Fsp3) is 0.571. The van der Waals surface area contributed by atoms with Gasteiger partial charge in [-0.2, -0.15) is 0 Å². The summed E-state index contributed by atoms with van der Waals surface area (Å²) in [4.78, 5) is 2.30. The van der Waals surface area contributed by atoms with E-state index in [1.807, 2.05) is 18.2 Å². The van der Waals surface area contributed by atoms with Crippen LogP contribution in [-0.4, -0.2) is 52.0 Å². The van der Waals surface area contributed by atoms with Crippen LogP contribution >= 0.6 is 15.9 Å². The van der Waals surface area contributed by atoms with Crippen molar-refractivity contribution in [2.75, 3.05) is 47.1 Å². The van der Waals surface area contributed by atoms with E-state index in [4.69, 9.17) is 15.2 Å². The molecule has 0 heterocycles. The summed E-state index contributed by atoms with van der Waals surface area (Å²) < 4.78 is 11.4. The van der Waals surface area contributed by atoms with Crippen molar-refractivity contribution in [2.24, 2.45) is 5.73 Å². The lowest BCUT2D eigenvalue weighted by molar-refractivity contribution is 0.0889. The molecule has 1 unspecified atom stereocenters. The molecule has 0 amide bonds. The Balaban J connectivity index is 2.85. The highest BCUT2D eigenvalue weighted by Crippen LogP contribution is 2.26. The van der Waals surface area contributed by atoms with Crippen LogP contribution in [0.1, 0.15) is 11.6 Å². The van der Waals surface area contributed by atoms with Crippen molar-refractivity contribution in [3.63, 3.8) is 0 Å². The van der Waals surface area contributed by atoms with Gasteiger partial charge in [-0.05, 0) is 11.6 Å². The zero-order chi connectivity index (χ0) is 14.1. The predicted octanol–water partition coefficient (Wildman–Crippen LogP) is 2.04. The molecule has 1 aromatic rings. The molecule has 108 valence electrons. The van der Waals surface area contributed by atoms with Crippen LogP contribution in [0.15, 0.2) is 28.7 Å². The summed E-state index contributed by atoms with van der Waals surface area (Å²) >= 11 is 3.60. The van der Waals surface area contributed by atoms with Crippen molar-refractivity contribution < 1.29 is 9.47 Å². The Kier molecular flexibility index (Phi) is 8.25. The summed E-state index contributed by atoms with van der Waals surface area (Å²) in [5, 5.41) is 0. The second kappa shape index (κ2) is 9.44. The van der Waals surface area contributed by atoms with E-state index in [2.05, 4.69) is 26.9 Å². The SMILES string of the molecule is COCCN(CCOC)C(CN)c1ccccc1Br. The minimum absolute atomic E-state index is 0.167. The number of halogens is 1. The van der Waals surface area contributed by atoms with E-state index < -0.39 is 0 Å². The van der Waals surface area contributed by atoms with Crippen LogP contribution in [0.3, 0.4) is 0 Å². The topological polar surface area (TPSA) is 47.7 Å².